The van der Waals surface area contributed by atoms with Crippen LogP contribution in [0.2, 0.25) is 0 Å². The van der Waals surface area contributed by atoms with E-state index >= 15 is 0 Å². The molecule has 0 amide bonds. The number of nitrogens with two attached hydrogens (primary N) is 1. The van der Waals surface area contributed by atoms with Crippen LogP contribution in [0, 0.1) is 6.92 Å². The van der Waals surface area contributed by atoms with Crippen molar-refractivity contribution < 1.29 is 0 Å². The Morgan fingerprint density at radius 3 is 3.08 bits per heavy atom. The van der Waals surface area contributed by atoms with Crippen molar-refractivity contribution in [3.05, 3.63) is 17.7 Å². The highest BCUT2D eigenvalue weighted by Gasteiger charge is 2.03. The molecular formula is C7H11N5. The number of imidazole rings is 1. The molecule has 0 spiro atoms. The fourth-order valence-electron chi connectivity index (χ4n) is 1.20. The van der Waals surface area contributed by atoms with Crippen molar-refractivity contribution in [2.75, 3.05) is 6.54 Å². The van der Waals surface area contributed by atoms with Gasteiger partial charge in [-0.05, 0) is 13.5 Å². The van der Waals surface area contributed by atoms with E-state index in [1.165, 1.54) is 0 Å². The average molecular weight is 165 g/mol. The number of fused-ring (bicyclic) bond motifs is 1. The van der Waals surface area contributed by atoms with Crippen LogP contribution < -0.4 is 5.73 Å². The first-order valence-corrected chi connectivity index (χ1v) is 3.90. The van der Waals surface area contributed by atoms with E-state index < -0.39 is 0 Å². The van der Waals surface area contributed by atoms with Gasteiger partial charge in [0, 0.05) is 6.42 Å². The van der Waals surface area contributed by atoms with Crippen LogP contribution in [0.5, 0.6) is 0 Å². The van der Waals surface area contributed by atoms with Crippen LogP contribution >= 0.6 is 0 Å². The standard InChI is InChI=1S/C7H11N5/c1-5-9-7-10-6(2-3-8)4-12(7)11-5/h4H,2-3,8H2,1H3,(H,9,10,11). The van der Waals surface area contributed by atoms with Gasteiger partial charge in [0.05, 0.1) is 11.9 Å². The van der Waals surface area contributed by atoms with Crippen LogP contribution in [0.25, 0.3) is 5.78 Å². The highest BCUT2D eigenvalue weighted by atomic mass is 15.3. The Kier molecular flexibility index (Phi) is 1.58. The third-order valence-corrected chi connectivity index (χ3v) is 1.69. The highest BCUT2D eigenvalue weighted by molar-refractivity contribution is 5.29. The zero-order chi connectivity index (χ0) is 8.55. The number of H-pyrrole nitrogens is 1. The fourth-order valence-corrected chi connectivity index (χ4v) is 1.20. The predicted molar refractivity (Wildman–Crippen MR) is 44.8 cm³/mol. The number of aromatic amines is 1. The molecule has 0 aromatic carbocycles. The van der Waals surface area contributed by atoms with Crippen LogP contribution in [0.4, 0.5) is 0 Å². The first-order valence-electron chi connectivity index (χ1n) is 3.90. The minimum absolute atomic E-state index is 0.624. The van der Waals surface area contributed by atoms with Crippen molar-refractivity contribution in [3.63, 3.8) is 0 Å². The molecule has 0 unspecified atom stereocenters. The predicted octanol–water partition coefficient (Wildman–Crippen LogP) is -0.133. The maximum Gasteiger partial charge on any atom is 0.250 e. The molecule has 0 fully saturated rings. The van der Waals surface area contributed by atoms with Gasteiger partial charge in [-0.3, -0.25) is 5.10 Å². The van der Waals surface area contributed by atoms with Crippen LogP contribution in [0.3, 0.4) is 0 Å². The van der Waals surface area contributed by atoms with Gasteiger partial charge in [0.2, 0.25) is 0 Å². The molecule has 3 N–H and O–H groups in total. The lowest BCUT2D eigenvalue weighted by Gasteiger charge is -1.86. The van der Waals surface area contributed by atoms with Gasteiger partial charge in [-0.2, -0.15) is 4.98 Å². The Labute approximate surface area is 69.6 Å². The summed E-state index contributed by atoms with van der Waals surface area (Å²) >= 11 is 0. The molecule has 0 saturated heterocycles. The summed E-state index contributed by atoms with van der Waals surface area (Å²) in [5, 5.41) is 3.04. The second-order valence-electron chi connectivity index (χ2n) is 2.75. The number of nitrogens with one attached hydrogen (secondary N) is 1. The summed E-state index contributed by atoms with van der Waals surface area (Å²) in [5.74, 6) is 1.59. The van der Waals surface area contributed by atoms with E-state index in [0.29, 0.717) is 6.54 Å². The van der Waals surface area contributed by atoms with E-state index in [9.17, 15) is 0 Å². The van der Waals surface area contributed by atoms with Crippen molar-refractivity contribution in [2.45, 2.75) is 13.3 Å². The Bertz CT molecular complexity index is 354. The van der Waals surface area contributed by atoms with Crippen molar-refractivity contribution >= 4 is 5.78 Å². The molecule has 2 aromatic heterocycles. The smallest absolute Gasteiger partial charge is 0.250 e. The Balaban J connectivity index is 2.43. The van der Waals surface area contributed by atoms with Crippen LogP contribution in [-0.4, -0.2) is 26.1 Å². The number of aromatic nitrogens is 4. The van der Waals surface area contributed by atoms with Crippen molar-refractivity contribution in [3.8, 4) is 0 Å². The molecule has 0 saturated carbocycles. The maximum absolute atomic E-state index is 5.40. The SMILES string of the molecule is Cc1nc2nc(CCN)cn2[nH]1. The summed E-state index contributed by atoms with van der Waals surface area (Å²) in [5.41, 5.74) is 6.38. The van der Waals surface area contributed by atoms with Gasteiger partial charge in [0.15, 0.2) is 0 Å². The lowest BCUT2D eigenvalue weighted by molar-refractivity contribution is 0.907. The van der Waals surface area contributed by atoms with Gasteiger partial charge >= 0.3 is 0 Å². The molecule has 5 heteroatoms. The zero-order valence-electron chi connectivity index (χ0n) is 6.91. The van der Waals surface area contributed by atoms with E-state index in [4.69, 9.17) is 5.73 Å². The quantitative estimate of drug-likeness (QED) is 0.651. The lowest BCUT2D eigenvalue weighted by Crippen LogP contribution is -2.02. The summed E-state index contributed by atoms with van der Waals surface area (Å²) < 4.78 is 1.81. The Hall–Kier alpha value is -1.36. The minimum atomic E-state index is 0.624. The van der Waals surface area contributed by atoms with Crippen molar-refractivity contribution in [1.82, 2.24) is 19.6 Å². The Morgan fingerprint density at radius 1 is 1.58 bits per heavy atom. The highest BCUT2D eigenvalue weighted by Crippen LogP contribution is 2.02. The first-order chi connectivity index (χ1) is 5.79. The number of aryl methyl sites for hydroxylation is 1. The van der Waals surface area contributed by atoms with Gasteiger partial charge in [-0.15, -0.1) is 0 Å². The third kappa shape index (κ3) is 1.08. The first kappa shape index (κ1) is 7.30. The number of nitrogens with zero attached hydrogens (tertiary/aromatic N) is 3. The normalized spacial score (nSPS) is 11.2. The molecule has 5 nitrogen and oxygen atoms in total. The lowest BCUT2D eigenvalue weighted by atomic mass is 10.3. The minimum Gasteiger partial charge on any atom is -0.330 e. The average Bonchev–Trinajstić information content (AvgIpc) is 2.44. The molecule has 0 radical (unpaired) electrons. The van der Waals surface area contributed by atoms with Gasteiger partial charge in [0.1, 0.15) is 5.82 Å². The molecule has 2 rings (SSSR count). The van der Waals surface area contributed by atoms with Gasteiger partial charge in [0.25, 0.3) is 5.78 Å². The van der Waals surface area contributed by atoms with Gasteiger partial charge in [-0.1, -0.05) is 0 Å². The topological polar surface area (TPSA) is 72.0 Å². The maximum atomic E-state index is 5.40. The second-order valence-corrected chi connectivity index (χ2v) is 2.75. The second kappa shape index (κ2) is 2.60. The third-order valence-electron chi connectivity index (χ3n) is 1.69. The summed E-state index contributed by atoms with van der Waals surface area (Å²) in [6.45, 7) is 2.52. The molecule has 0 aliphatic carbocycles. The fraction of sp³-hybridized carbons (Fsp3) is 0.429. The molecular weight excluding hydrogens is 154 g/mol. The number of hydrogen-bond acceptors (Lipinski definition) is 3. The van der Waals surface area contributed by atoms with Crippen LogP contribution in [-0.2, 0) is 6.42 Å². The van der Waals surface area contributed by atoms with Crippen molar-refractivity contribution in [2.24, 2.45) is 5.73 Å². The summed E-state index contributed by atoms with van der Waals surface area (Å²) in [6, 6.07) is 0. The largest absolute Gasteiger partial charge is 0.330 e. The number of rotatable bonds is 2. The molecule has 0 aliphatic rings. The molecule has 0 aliphatic heterocycles. The van der Waals surface area contributed by atoms with Crippen LogP contribution in [0.15, 0.2) is 6.20 Å². The molecule has 12 heavy (non-hydrogen) atoms. The van der Waals surface area contributed by atoms with E-state index in [0.717, 1.165) is 23.7 Å². The van der Waals surface area contributed by atoms with Crippen molar-refractivity contribution in [1.29, 1.82) is 0 Å². The Morgan fingerprint density at radius 2 is 2.42 bits per heavy atom. The van der Waals surface area contributed by atoms with Crippen LogP contribution in [0.1, 0.15) is 11.5 Å². The molecule has 64 valence electrons. The van der Waals surface area contributed by atoms with Gasteiger partial charge in [-0.25, -0.2) is 9.50 Å². The summed E-state index contributed by atoms with van der Waals surface area (Å²) in [7, 11) is 0. The summed E-state index contributed by atoms with van der Waals surface area (Å²) in [4.78, 5) is 8.44. The molecule has 2 heterocycles. The molecule has 2 aromatic rings. The monoisotopic (exact) mass is 165 g/mol. The summed E-state index contributed by atoms with van der Waals surface area (Å²) in [6.07, 6.45) is 2.72. The number of hydrogen-bond donors (Lipinski definition) is 2. The van der Waals surface area contributed by atoms with E-state index in [2.05, 4.69) is 15.1 Å². The van der Waals surface area contributed by atoms with E-state index in [1.807, 2.05) is 13.1 Å². The van der Waals surface area contributed by atoms with E-state index in [1.54, 1.807) is 4.52 Å². The van der Waals surface area contributed by atoms with E-state index in [-0.39, 0.29) is 0 Å². The zero-order valence-corrected chi connectivity index (χ0v) is 6.91. The van der Waals surface area contributed by atoms with Gasteiger partial charge < -0.3 is 5.73 Å². The molecule has 0 bridgehead atoms. The molecule has 0 atom stereocenters.